The van der Waals surface area contributed by atoms with E-state index >= 15 is 0 Å². The number of hydrogen-bond donors (Lipinski definition) is 1. The molecule has 146 valence electrons. The molecule has 0 fully saturated rings. The van der Waals surface area contributed by atoms with E-state index in [1.165, 1.54) is 0 Å². The van der Waals surface area contributed by atoms with Gasteiger partial charge in [0.1, 0.15) is 12.3 Å². The van der Waals surface area contributed by atoms with Gasteiger partial charge in [0.15, 0.2) is 0 Å². The van der Waals surface area contributed by atoms with Gasteiger partial charge in [0.25, 0.3) is 0 Å². The summed E-state index contributed by atoms with van der Waals surface area (Å²) >= 11 is 6.10. The predicted octanol–water partition coefficient (Wildman–Crippen LogP) is 3.30. The highest BCUT2D eigenvalue weighted by molar-refractivity contribution is 7.92. The summed E-state index contributed by atoms with van der Waals surface area (Å²) in [5, 5.41) is 3.26. The number of nitrogens with zero attached hydrogens (tertiary/aromatic N) is 1. The van der Waals surface area contributed by atoms with Crippen molar-refractivity contribution in [2.75, 3.05) is 24.2 Å². The molecule has 8 heteroatoms. The summed E-state index contributed by atoms with van der Waals surface area (Å²) in [6.45, 7) is 3.21. The van der Waals surface area contributed by atoms with Gasteiger partial charge in [0, 0.05) is 5.02 Å². The van der Waals surface area contributed by atoms with Crippen LogP contribution in [0.1, 0.15) is 24.1 Å². The number of carbonyl (C=O) groups is 1. The Hall–Kier alpha value is -2.25. The number of rotatable bonds is 7. The lowest BCUT2D eigenvalue weighted by atomic mass is 10.1. The van der Waals surface area contributed by atoms with Crippen molar-refractivity contribution < 1.29 is 17.9 Å². The van der Waals surface area contributed by atoms with Gasteiger partial charge in [-0.15, -0.1) is 0 Å². The molecule has 1 amide bonds. The number of benzene rings is 2. The van der Waals surface area contributed by atoms with Crippen LogP contribution < -0.4 is 14.4 Å². The Kier molecular flexibility index (Phi) is 6.73. The van der Waals surface area contributed by atoms with Crippen LogP contribution in [-0.4, -0.2) is 34.2 Å². The Morgan fingerprint density at radius 2 is 1.85 bits per heavy atom. The molecule has 2 rings (SSSR count). The molecule has 1 N–H and O–H groups in total. The number of methoxy groups -OCH3 is 1. The highest BCUT2D eigenvalue weighted by Crippen LogP contribution is 2.28. The molecule has 0 aliphatic rings. The van der Waals surface area contributed by atoms with Crippen molar-refractivity contribution in [3.63, 3.8) is 0 Å². The molecule has 0 saturated carbocycles. The van der Waals surface area contributed by atoms with Crippen molar-refractivity contribution in [3.8, 4) is 5.75 Å². The first-order valence-corrected chi connectivity index (χ1v) is 10.5. The van der Waals surface area contributed by atoms with Crippen molar-refractivity contribution in [2.45, 2.75) is 19.9 Å². The zero-order chi connectivity index (χ0) is 20.2. The number of nitrogens with one attached hydrogen (secondary N) is 1. The number of amides is 1. The normalized spacial score (nSPS) is 12.3. The number of anilines is 1. The maximum absolute atomic E-state index is 12.5. The fourth-order valence-corrected chi connectivity index (χ4v) is 3.72. The smallest absolute Gasteiger partial charge is 0.241 e. The van der Waals surface area contributed by atoms with E-state index in [-0.39, 0.29) is 12.6 Å². The third-order valence-corrected chi connectivity index (χ3v) is 5.72. The van der Waals surface area contributed by atoms with Crippen LogP contribution in [0.25, 0.3) is 0 Å². The molecule has 2 aromatic carbocycles. The van der Waals surface area contributed by atoms with Crippen molar-refractivity contribution in [3.05, 3.63) is 58.6 Å². The van der Waals surface area contributed by atoms with Gasteiger partial charge in [-0.3, -0.25) is 9.10 Å². The standard InChI is InChI=1S/C19H23ClN2O4S/c1-13-17(20)6-5-7-18(13)22(27(4,24)25)12-19(23)21-14(2)15-8-10-16(26-3)11-9-15/h5-11,14H,12H2,1-4H3,(H,21,23). The zero-order valence-corrected chi connectivity index (χ0v) is 17.3. The topological polar surface area (TPSA) is 75.7 Å². The maximum atomic E-state index is 12.5. The third kappa shape index (κ3) is 5.37. The van der Waals surface area contributed by atoms with Crippen molar-refractivity contribution >= 4 is 33.2 Å². The van der Waals surface area contributed by atoms with Crippen molar-refractivity contribution in [1.82, 2.24) is 5.32 Å². The summed E-state index contributed by atoms with van der Waals surface area (Å²) < 4.78 is 30.7. The summed E-state index contributed by atoms with van der Waals surface area (Å²) in [6, 6.07) is 12.0. The van der Waals surface area contributed by atoms with Gasteiger partial charge < -0.3 is 10.1 Å². The van der Waals surface area contributed by atoms with E-state index in [0.717, 1.165) is 21.9 Å². The van der Waals surface area contributed by atoms with Crippen LogP contribution in [-0.2, 0) is 14.8 Å². The molecule has 0 heterocycles. The molecule has 1 unspecified atom stereocenters. The number of carbonyl (C=O) groups excluding carboxylic acids is 1. The summed E-state index contributed by atoms with van der Waals surface area (Å²) in [5.74, 6) is 0.306. The van der Waals surface area contributed by atoms with Gasteiger partial charge in [-0.2, -0.15) is 0 Å². The van der Waals surface area contributed by atoms with Crippen molar-refractivity contribution in [1.29, 1.82) is 0 Å². The Morgan fingerprint density at radius 3 is 2.41 bits per heavy atom. The van der Waals surface area contributed by atoms with Gasteiger partial charge in [-0.1, -0.05) is 29.8 Å². The highest BCUT2D eigenvalue weighted by Gasteiger charge is 2.23. The van der Waals surface area contributed by atoms with E-state index in [1.807, 2.05) is 19.1 Å². The van der Waals surface area contributed by atoms with E-state index in [2.05, 4.69) is 5.32 Å². The predicted molar refractivity (Wildman–Crippen MR) is 108 cm³/mol. The number of ether oxygens (including phenoxy) is 1. The van der Waals surface area contributed by atoms with Gasteiger partial charge in [0.05, 0.1) is 25.1 Å². The van der Waals surface area contributed by atoms with Crippen molar-refractivity contribution in [2.24, 2.45) is 0 Å². The lowest BCUT2D eigenvalue weighted by molar-refractivity contribution is -0.120. The van der Waals surface area contributed by atoms with E-state index in [9.17, 15) is 13.2 Å². The lowest BCUT2D eigenvalue weighted by Gasteiger charge is -2.25. The minimum Gasteiger partial charge on any atom is -0.497 e. The molecule has 27 heavy (non-hydrogen) atoms. The molecule has 0 bridgehead atoms. The zero-order valence-electron chi connectivity index (χ0n) is 15.7. The minimum absolute atomic E-state index is 0.287. The first-order valence-electron chi connectivity index (χ1n) is 8.29. The van der Waals surface area contributed by atoms with Crippen LogP contribution in [0.4, 0.5) is 5.69 Å². The molecule has 0 aliphatic carbocycles. The number of hydrogen-bond acceptors (Lipinski definition) is 4. The summed E-state index contributed by atoms with van der Waals surface area (Å²) in [7, 11) is -2.08. The fourth-order valence-electron chi connectivity index (χ4n) is 2.64. The summed E-state index contributed by atoms with van der Waals surface area (Å²) in [5.41, 5.74) is 1.87. The molecule has 0 saturated heterocycles. The lowest BCUT2D eigenvalue weighted by Crippen LogP contribution is -2.41. The van der Waals surface area contributed by atoms with Gasteiger partial charge >= 0.3 is 0 Å². The first kappa shape index (κ1) is 21.1. The summed E-state index contributed by atoms with van der Waals surface area (Å²) in [6.07, 6.45) is 1.06. The van der Waals surface area contributed by atoms with E-state index in [1.54, 1.807) is 44.4 Å². The summed E-state index contributed by atoms with van der Waals surface area (Å²) in [4.78, 5) is 12.5. The van der Waals surface area contributed by atoms with Crippen LogP contribution in [0.5, 0.6) is 5.75 Å². The second-order valence-electron chi connectivity index (χ2n) is 6.22. The molecule has 0 aromatic heterocycles. The quantitative estimate of drug-likeness (QED) is 0.759. The Balaban J connectivity index is 2.17. The second-order valence-corrected chi connectivity index (χ2v) is 8.53. The number of halogens is 1. The fraction of sp³-hybridized carbons (Fsp3) is 0.316. The van der Waals surface area contributed by atoms with Gasteiger partial charge in [-0.25, -0.2) is 8.42 Å². The molecular formula is C19H23ClN2O4S. The largest absolute Gasteiger partial charge is 0.497 e. The third-order valence-electron chi connectivity index (χ3n) is 4.19. The average Bonchev–Trinajstić information content (AvgIpc) is 2.61. The molecule has 6 nitrogen and oxygen atoms in total. The van der Waals surface area contributed by atoms with E-state index in [4.69, 9.17) is 16.3 Å². The molecule has 0 aliphatic heterocycles. The molecular weight excluding hydrogens is 388 g/mol. The van der Waals surface area contributed by atoms with Crippen LogP contribution in [0, 0.1) is 6.92 Å². The maximum Gasteiger partial charge on any atom is 0.241 e. The Labute approximate surface area is 165 Å². The molecule has 1 atom stereocenters. The Bertz CT molecular complexity index is 914. The van der Waals surface area contributed by atoms with Crippen LogP contribution in [0.2, 0.25) is 5.02 Å². The number of sulfonamides is 1. The van der Waals surface area contributed by atoms with Crippen LogP contribution >= 0.6 is 11.6 Å². The molecule has 0 spiro atoms. The SMILES string of the molecule is COc1ccc(C(C)NC(=O)CN(c2cccc(Cl)c2C)S(C)(=O)=O)cc1. The van der Waals surface area contributed by atoms with E-state index in [0.29, 0.717) is 16.3 Å². The van der Waals surface area contributed by atoms with Crippen LogP contribution in [0.15, 0.2) is 42.5 Å². The van der Waals surface area contributed by atoms with Crippen LogP contribution in [0.3, 0.4) is 0 Å². The van der Waals surface area contributed by atoms with Gasteiger partial charge in [0.2, 0.25) is 15.9 Å². The highest BCUT2D eigenvalue weighted by atomic mass is 35.5. The average molecular weight is 411 g/mol. The Morgan fingerprint density at radius 1 is 1.22 bits per heavy atom. The molecule has 0 radical (unpaired) electrons. The first-order chi connectivity index (χ1) is 12.6. The monoisotopic (exact) mass is 410 g/mol. The second kappa shape index (κ2) is 8.63. The minimum atomic E-state index is -3.66. The van der Waals surface area contributed by atoms with Gasteiger partial charge in [-0.05, 0) is 49.2 Å². The molecule has 2 aromatic rings. The van der Waals surface area contributed by atoms with E-state index < -0.39 is 15.9 Å².